The number of benzene rings is 4. The zero-order chi connectivity index (χ0) is 32.1. The summed E-state index contributed by atoms with van der Waals surface area (Å²) in [4.78, 5) is 29.0. The van der Waals surface area contributed by atoms with Gasteiger partial charge >= 0.3 is 12.1 Å². The Morgan fingerprint density at radius 1 is 0.822 bits per heavy atom. The number of amides is 1. The number of carbonyl (C=O) groups excluding carboxylic acids is 2. The van der Waals surface area contributed by atoms with Gasteiger partial charge in [0.25, 0.3) is 5.91 Å². The Morgan fingerprint density at radius 2 is 1.49 bits per heavy atom. The molecule has 9 nitrogen and oxygen atoms in total. The number of fused-ring (bicyclic) bond motifs is 1. The number of carbonyl (C=O) groups is 2. The predicted molar refractivity (Wildman–Crippen MR) is 161 cm³/mol. The molecule has 0 saturated heterocycles. The molecule has 230 valence electrons. The van der Waals surface area contributed by atoms with Gasteiger partial charge in [0.2, 0.25) is 5.75 Å². The molecule has 0 aliphatic rings. The normalized spacial score (nSPS) is 11.4. The lowest BCUT2D eigenvalue weighted by Crippen LogP contribution is -2.19. The molecule has 0 aliphatic heterocycles. The minimum atomic E-state index is -4.65. The number of ether oxygens (including phenoxy) is 4. The molecule has 4 aromatic carbocycles. The number of hydrogen-bond acceptors (Lipinski definition) is 7. The van der Waals surface area contributed by atoms with E-state index in [4.69, 9.17) is 18.9 Å². The maximum absolute atomic E-state index is 13.8. The smallest absolute Gasteiger partial charge is 0.418 e. The maximum Gasteiger partial charge on any atom is 0.418 e. The second-order valence-corrected chi connectivity index (χ2v) is 9.51. The van der Waals surface area contributed by atoms with Gasteiger partial charge < -0.3 is 23.9 Å². The molecule has 0 atom stereocenters. The number of halogens is 3. The third kappa shape index (κ3) is 6.30. The molecule has 45 heavy (non-hydrogen) atoms. The zero-order valence-electron chi connectivity index (χ0n) is 24.2. The lowest BCUT2D eigenvalue weighted by molar-refractivity contribution is -0.136. The number of alkyl halides is 3. The van der Waals surface area contributed by atoms with Crippen molar-refractivity contribution in [3.05, 3.63) is 107 Å². The Morgan fingerprint density at radius 3 is 2.13 bits per heavy atom. The van der Waals surface area contributed by atoms with Crippen molar-refractivity contribution in [3.8, 4) is 34.1 Å². The highest BCUT2D eigenvalue weighted by Gasteiger charge is 2.34. The van der Waals surface area contributed by atoms with Crippen molar-refractivity contribution in [2.24, 2.45) is 5.10 Å². The fraction of sp³-hybridized carbons (Fsp3) is 0.121. The molecule has 5 aromatic rings. The molecule has 0 aliphatic carbocycles. The van der Waals surface area contributed by atoms with Crippen LogP contribution in [0.5, 0.6) is 23.0 Å². The lowest BCUT2D eigenvalue weighted by atomic mass is 10.0. The average molecular weight is 618 g/mol. The fourth-order valence-electron chi connectivity index (χ4n) is 4.78. The van der Waals surface area contributed by atoms with Gasteiger partial charge in [-0.05, 0) is 35.9 Å². The van der Waals surface area contributed by atoms with Gasteiger partial charge in [0.1, 0.15) is 11.4 Å². The second-order valence-electron chi connectivity index (χ2n) is 9.51. The van der Waals surface area contributed by atoms with Crippen LogP contribution in [0.1, 0.15) is 32.0 Å². The van der Waals surface area contributed by atoms with Crippen molar-refractivity contribution in [2.75, 3.05) is 21.3 Å². The van der Waals surface area contributed by atoms with Crippen molar-refractivity contribution in [1.29, 1.82) is 0 Å². The SMILES string of the molecule is COc1cc(C(=O)Oc2ccccc2C=NNC(=O)c2[nH]c3c(C(F)(F)F)cccc3c2-c2ccccc2)cc(OC)c1OC. The van der Waals surface area contributed by atoms with Gasteiger partial charge in [-0.15, -0.1) is 0 Å². The summed E-state index contributed by atoms with van der Waals surface area (Å²) in [6, 6.07) is 21.7. The van der Waals surface area contributed by atoms with E-state index in [-0.39, 0.29) is 39.4 Å². The molecule has 0 fully saturated rings. The van der Waals surface area contributed by atoms with Gasteiger partial charge in [0.05, 0.1) is 44.2 Å². The monoisotopic (exact) mass is 617 g/mol. The summed E-state index contributed by atoms with van der Waals surface area (Å²) in [6.45, 7) is 0. The summed E-state index contributed by atoms with van der Waals surface area (Å²) < 4.78 is 62.9. The molecule has 0 unspecified atom stereocenters. The number of aromatic amines is 1. The minimum Gasteiger partial charge on any atom is -0.493 e. The molecule has 5 rings (SSSR count). The summed E-state index contributed by atoms with van der Waals surface area (Å²) in [5, 5.41) is 4.23. The third-order valence-corrected chi connectivity index (χ3v) is 6.82. The fourth-order valence-corrected chi connectivity index (χ4v) is 4.78. The number of rotatable bonds is 9. The first-order chi connectivity index (χ1) is 21.7. The van der Waals surface area contributed by atoms with E-state index in [0.717, 1.165) is 6.07 Å². The zero-order valence-corrected chi connectivity index (χ0v) is 24.2. The van der Waals surface area contributed by atoms with Crippen LogP contribution >= 0.6 is 0 Å². The van der Waals surface area contributed by atoms with Crippen LogP contribution in [0.4, 0.5) is 13.2 Å². The molecule has 0 saturated carbocycles. The van der Waals surface area contributed by atoms with Crippen molar-refractivity contribution in [1.82, 2.24) is 10.4 Å². The number of aromatic nitrogens is 1. The molecule has 1 heterocycles. The van der Waals surface area contributed by atoms with Crippen molar-refractivity contribution >= 4 is 29.0 Å². The number of nitrogens with one attached hydrogen (secondary N) is 2. The molecule has 0 bridgehead atoms. The van der Waals surface area contributed by atoms with E-state index in [1.54, 1.807) is 48.5 Å². The number of H-pyrrole nitrogens is 1. The van der Waals surface area contributed by atoms with Gasteiger partial charge in [-0.2, -0.15) is 18.3 Å². The predicted octanol–water partition coefficient (Wildman–Crippen LogP) is 6.86. The molecular weight excluding hydrogens is 591 g/mol. The van der Waals surface area contributed by atoms with Crippen LogP contribution in [-0.2, 0) is 6.18 Å². The largest absolute Gasteiger partial charge is 0.493 e. The van der Waals surface area contributed by atoms with Gasteiger partial charge in [0.15, 0.2) is 11.5 Å². The first-order valence-electron chi connectivity index (χ1n) is 13.4. The van der Waals surface area contributed by atoms with E-state index in [2.05, 4.69) is 15.5 Å². The highest BCUT2D eigenvalue weighted by atomic mass is 19.4. The Bertz CT molecular complexity index is 1880. The van der Waals surface area contributed by atoms with Gasteiger partial charge in [-0.25, -0.2) is 10.2 Å². The number of hydrazone groups is 1. The number of hydrogen-bond donors (Lipinski definition) is 2. The standard InChI is InChI=1S/C33H26F3N3O6/c1-42-25-16-21(17-26(43-2)30(25)44-3)32(41)45-24-15-8-7-12-20(24)18-37-39-31(40)29-27(19-10-5-4-6-11-19)22-13-9-14-23(28(22)38-29)33(34,35)36/h4-18,38H,1-3H3,(H,39,40). The van der Waals surface area contributed by atoms with E-state index in [9.17, 15) is 22.8 Å². The quantitative estimate of drug-likeness (QED) is 0.0809. The Hall–Kier alpha value is -5.78. The van der Waals surface area contributed by atoms with Crippen LogP contribution in [0.3, 0.4) is 0 Å². The number of methoxy groups -OCH3 is 3. The Labute approximate surface area is 255 Å². The summed E-state index contributed by atoms with van der Waals surface area (Å²) in [7, 11) is 4.27. The first kappa shape index (κ1) is 30.7. The summed E-state index contributed by atoms with van der Waals surface area (Å²) in [6.07, 6.45) is -3.39. The van der Waals surface area contributed by atoms with Gasteiger partial charge in [0, 0.05) is 16.5 Å². The van der Waals surface area contributed by atoms with Crippen molar-refractivity contribution in [3.63, 3.8) is 0 Å². The molecular formula is C33H26F3N3O6. The third-order valence-electron chi connectivity index (χ3n) is 6.82. The summed E-state index contributed by atoms with van der Waals surface area (Å²) in [5.41, 5.74) is 2.43. The van der Waals surface area contributed by atoms with Gasteiger partial charge in [-0.3, -0.25) is 4.79 Å². The van der Waals surface area contributed by atoms with E-state index >= 15 is 0 Å². The number of para-hydroxylation sites is 2. The van der Waals surface area contributed by atoms with Crippen LogP contribution in [0.15, 0.2) is 90.0 Å². The van der Waals surface area contributed by atoms with E-state index in [1.807, 2.05) is 0 Å². The summed E-state index contributed by atoms with van der Waals surface area (Å²) >= 11 is 0. The van der Waals surface area contributed by atoms with Crippen LogP contribution in [0, 0.1) is 0 Å². The Kier molecular flexibility index (Phi) is 8.75. The van der Waals surface area contributed by atoms with Crippen LogP contribution in [0.2, 0.25) is 0 Å². The van der Waals surface area contributed by atoms with Crippen molar-refractivity contribution in [2.45, 2.75) is 6.18 Å². The van der Waals surface area contributed by atoms with E-state index in [0.29, 0.717) is 22.4 Å². The number of esters is 1. The Balaban J connectivity index is 1.42. The topological polar surface area (TPSA) is 111 Å². The lowest BCUT2D eigenvalue weighted by Gasteiger charge is -2.14. The first-order valence-corrected chi connectivity index (χ1v) is 13.4. The highest BCUT2D eigenvalue weighted by Crippen LogP contribution is 2.40. The van der Waals surface area contributed by atoms with E-state index < -0.39 is 23.6 Å². The summed E-state index contributed by atoms with van der Waals surface area (Å²) in [5.74, 6) is -0.558. The molecule has 2 N–H and O–H groups in total. The molecule has 0 radical (unpaired) electrons. The van der Waals surface area contributed by atoms with E-state index in [1.165, 1.54) is 57.9 Å². The van der Waals surface area contributed by atoms with Crippen molar-refractivity contribution < 1.29 is 41.7 Å². The average Bonchev–Trinajstić information content (AvgIpc) is 3.44. The van der Waals surface area contributed by atoms with Crippen LogP contribution < -0.4 is 24.4 Å². The molecule has 1 amide bonds. The minimum absolute atomic E-state index is 0.104. The van der Waals surface area contributed by atoms with Crippen LogP contribution in [0.25, 0.3) is 22.0 Å². The number of nitrogens with zero attached hydrogens (tertiary/aromatic N) is 1. The molecule has 0 spiro atoms. The molecule has 1 aromatic heterocycles. The van der Waals surface area contributed by atoms with Gasteiger partial charge in [-0.1, -0.05) is 54.6 Å². The van der Waals surface area contributed by atoms with Crippen LogP contribution in [-0.4, -0.2) is 44.4 Å². The second kappa shape index (κ2) is 12.8. The maximum atomic E-state index is 13.8. The highest BCUT2D eigenvalue weighted by molar-refractivity contribution is 6.10. The molecule has 12 heteroatoms.